The van der Waals surface area contributed by atoms with Crippen molar-refractivity contribution in [3.8, 4) is 0 Å². The minimum atomic E-state index is 0.00268. The number of benzene rings is 1. The highest BCUT2D eigenvalue weighted by atomic mass is 35.5. The largest absolute Gasteiger partial charge is 0.340 e. The maximum atomic E-state index is 13.1. The lowest BCUT2D eigenvalue weighted by Crippen LogP contribution is -2.35. The molecular formula is C20H25ClN4O. The van der Waals surface area contributed by atoms with Gasteiger partial charge in [-0.05, 0) is 42.0 Å². The van der Waals surface area contributed by atoms with Crippen LogP contribution in [0.2, 0.25) is 5.02 Å². The molecule has 0 bridgehead atoms. The number of piperidine rings is 1. The van der Waals surface area contributed by atoms with Crippen molar-refractivity contribution in [3.63, 3.8) is 0 Å². The Labute approximate surface area is 159 Å². The zero-order chi connectivity index (χ0) is 18.3. The number of carbonyl (C=O) groups is 1. The zero-order valence-electron chi connectivity index (χ0n) is 15.3. The molecule has 1 saturated carbocycles. The fourth-order valence-electron chi connectivity index (χ4n) is 4.28. The van der Waals surface area contributed by atoms with Gasteiger partial charge in [0.15, 0.2) is 0 Å². The van der Waals surface area contributed by atoms with Gasteiger partial charge in [-0.25, -0.2) is 4.98 Å². The Morgan fingerprint density at radius 3 is 2.73 bits per heavy atom. The van der Waals surface area contributed by atoms with Crippen molar-refractivity contribution in [1.82, 2.24) is 19.4 Å². The molecule has 138 valence electrons. The number of likely N-dealkylation sites (tertiary alicyclic amines) is 1. The number of amides is 1. The van der Waals surface area contributed by atoms with Crippen LogP contribution in [0.3, 0.4) is 0 Å². The molecule has 1 aliphatic heterocycles. The Bertz CT molecular complexity index is 793. The van der Waals surface area contributed by atoms with Gasteiger partial charge >= 0.3 is 0 Å². The Balaban J connectivity index is 1.49. The van der Waals surface area contributed by atoms with Crippen molar-refractivity contribution in [2.45, 2.75) is 13.5 Å². The van der Waals surface area contributed by atoms with E-state index in [-0.39, 0.29) is 5.91 Å². The molecular weight excluding hydrogens is 348 g/mol. The summed E-state index contributed by atoms with van der Waals surface area (Å²) in [6.07, 6.45) is 3.47. The van der Waals surface area contributed by atoms with Gasteiger partial charge in [-0.3, -0.25) is 4.79 Å². The monoisotopic (exact) mass is 372 g/mol. The van der Waals surface area contributed by atoms with Crippen LogP contribution in [-0.4, -0.2) is 51.4 Å². The van der Waals surface area contributed by atoms with Crippen molar-refractivity contribution < 1.29 is 4.79 Å². The molecule has 2 aliphatic rings. The SMILES string of the molecule is CCN1C[C@@H]2C(CN(Cc3cccc(Cl)c3)C(=O)c3cn(C)cn3)[C@@H]2C1. The van der Waals surface area contributed by atoms with Crippen molar-refractivity contribution in [2.24, 2.45) is 24.8 Å². The van der Waals surface area contributed by atoms with E-state index in [1.165, 1.54) is 13.1 Å². The lowest BCUT2D eigenvalue weighted by Gasteiger charge is -2.24. The second-order valence-electron chi connectivity index (χ2n) is 7.58. The fraction of sp³-hybridized carbons (Fsp3) is 0.500. The highest BCUT2D eigenvalue weighted by Crippen LogP contribution is 2.52. The predicted molar refractivity (Wildman–Crippen MR) is 102 cm³/mol. The van der Waals surface area contributed by atoms with Crippen LogP contribution >= 0.6 is 11.6 Å². The average Bonchev–Trinajstić information content (AvgIpc) is 2.99. The summed E-state index contributed by atoms with van der Waals surface area (Å²) in [5, 5.41) is 0.703. The Morgan fingerprint density at radius 1 is 1.35 bits per heavy atom. The van der Waals surface area contributed by atoms with E-state index in [9.17, 15) is 4.79 Å². The summed E-state index contributed by atoms with van der Waals surface area (Å²) in [5.41, 5.74) is 1.57. The van der Waals surface area contributed by atoms with E-state index < -0.39 is 0 Å². The van der Waals surface area contributed by atoms with Gasteiger partial charge in [0.1, 0.15) is 5.69 Å². The predicted octanol–water partition coefficient (Wildman–Crippen LogP) is 2.91. The van der Waals surface area contributed by atoms with Gasteiger partial charge in [-0.1, -0.05) is 30.7 Å². The van der Waals surface area contributed by atoms with E-state index in [2.05, 4.69) is 16.8 Å². The number of imidazole rings is 1. The molecule has 26 heavy (non-hydrogen) atoms. The Hall–Kier alpha value is -1.85. The maximum Gasteiger partial charge on any atom is 0.274 e. The molecule has 2 aromatic rings. The van der Waals surface area contributed by atoms with Crippen LogP contribution < -0.4 is 0 Å². The van der Waals surface area contributed by atoms with Crippen LogP contribution in [-0.2, 0) is 13.6 Å². The Kier molecular flexibility index (Phi) is 4.76. The smallest absolute Gasteiger partial charge is 0.274 e. The summed E-state index contributed by atoms with van der Waals surface area (Å²) in [6, 6.07) is 7.76. The number of rotatable bonds is 6. The summed E-state index contributed by atoms with van der Waals surface area (Å²) in [5.74, 6) is 2.11. The molecule has 2 heterocycles. The quantitative estimate of drug-likeness (QED) is 0.782. The lowest BCUT2D eigenvalue weighted by atomic mass is 10.1. The first-order valence-corrected chi connectivity index (χ1v) is 9.67. The average molecular weight is 373 g/mol. The fourth-order valence-corrected chi connectivity index (χ4v) is 4.49. The second kappa shape index (κ2) is 7.05. The zero-order valence-corrected chi connectivity index (χ0v) is 16.1. The van der Waals surface area contributed by atoms with E-state index in [0.717, 1.165) is 30.5 Å². The summed E-state index contributed by atoms with van der Waals surface area (Å²) in [7, 11) is 1.88. The number of carbonyl (C=O) groups excluding carboxylic acids is 1. The molecule has 0 spiro atoms. The van der Waals surface area contributed by atoms with E-state index >= 15 is 0 Å². The normalized spacial score (nSPS) is 24.5. The van der Waals surface area contributed by atoms with Gasteiger partial charge in [-0.2, -0.15) is 0 Å². The van der Waals surface area contributed by atoms with Crippen LogP contribution in [0.4, 0.5) is 0 Å². The first kappa shape index (κ1) is 17.6. The molecule has 0 N–H and O–H groups in total. The molecule has 3 atom stereocenters. The summed E-state index contributed by atoms with van der Waals surface area (Å²) < 4.78 is 1.82. The summed E-state index contributed by atoms with van der Waals surface area (Å²) >= 11 is 6.13. The Morgan fingerprint density at radius 2 is 2.12 bits per heavy atom. The van der Waals surface area contributed by atoms with E-state index in [1.807, 2.05) is 40.8 Å². The number of nitrogens with zero attached hydrogens (tertiary/aromatic N) is 4. The first-order chi connectivity index (χ1) is 12.5. The van der Waals surface area contributed by atoms with Gasteiger partial charge in [0, 0.05) is 44.4 Å². The van der Waals surface area contributed by atoms with E-state index in [0.29, 0.717) is 23.2 Å². The first-order valence-electron chi connectivity index (χ1n) is 9.29. The standard InChI is InChI=1S/C20H25ClN4O/c1-3-24-9-16-17(10-24)18(16)11-25(8-14-5-4-6-15(21)7-14)20(26)19-12-23(2)13-22-19/h4-7,12-13,16-18H,3,8-11H2,1-2H3/t16-,17+,18?. The van der Waals surface area contributed by atoms with Gasteiger partial charge in [0.25, 0.3) is 5.91 Å². The topological polar surface area (TPSA) is 41.4 Å². The maximum absolute atomic E-state index is 13.1. The molecule has 0 radical (unpaired) electrons. The number of aromatic nitrogens is 2. The van der Waals surface area contributed by atoms with Gasteiger partial charge in [0.2, 0.25) is 0 Å². The third kappa shape index (κ3) is 3.51. The number of halogens is 1. The van der Waals surface area contributed by atoms with Crippen molar-refractivity contribution >= 4 is 17.5 Å². The molecule has 6 heteroatoms. The lowest BCUT2D eigenvalue weighted by molar-refractivity contribution is 0.0719. The van der Waals surface area contributed by atoms with Gasteiger partial charge in [0.05, 0.1) is 6.33 Å². The summed E-state index contributed by atoms with van der Waals surface area (Å²) in [4.78, 5) is 21.8. The molecule has 1 aliphatic carbocycles. The van der Waals surface area contributed by atoms with Gasteiger partial charge in [-0.15, -0.1) is 0 Å². The number of hydrogen-bond donors (Lipinski definition) is 0. The number of fused-ring (bicyclic) bond motifs is 1. The number of hydrogen-bond acceptors (Lipinski definition) is 3. The van der Waals surface area contributed by atoms with Crippen molar-refractivity contribution in [3.05, 3.63) is 53.1 Å². The van der Waals surface area contributed by atoms with Crippen LogP contribution in [0, 0.1) is 17.8 Å². The van der Waals surface area contributed by atoms with Crippen molar-refractivity contribution in [1.29, 1.82) is 0 Å². The molecule has 1 aromatic heterocycles. The van der Waals surface area contributed by atoms with Crippen molar-refractivity contribution in [2.75, 3.05) is 26.2 Å². The van der Waals surface area contributed by atoms with E-state index in [1.54, 1.807) is 12.5 Å². The minimum absolute atomic E-state index is 0.00268. The van der Waals surface area contributed by atoms with Crippen LogP contribution in [0.1, 0.15) is 23.0 Å². The molecule has 1 aromatic carbocycles. The highest BCUT2D eigenvalue weighted by molar-refractivity contribution is 6.30. The third-order valence-corrected chi connectivity index (χ3v) is 6.03. The summed E-state index contributed by atoms with van der Waals surface area (Å²) in [6.45, 7) is 7.07. The molecule has 1 saturated heterocycles. The van der Waals surface area contributed by atoms with Crippen LogP contribution in [0.15, 0.2) is 36.8 Å². The minimum Gasteiger partial charge on any atom is -0.340 e. The highest BCUT2D eigenvalue weighted by Gasteiger charge is 2.55. The second-order valence-corrected chi connectivity index (χ2v) is 8.02. The molecule has 1 amide bonds. The third-order valence-electron chi connectivity index (χ3n) is 5.80. The molecule has 4 rings (SSSR count). The molecule has 2 fully saturated rings. The molecule has 5 nitrogen and oxygen atoms in total. The van der Waals surface area contributed by atoms with E-state index in [4.69, 9.17) is 11.6 Å². The molecule has 1 unspecified atom stereocenters. The van der Waals surface area contributed by atoms with Crippen LogP contribution in [0.5, 0.6) is 0 Å². The number of aryl methyl sites for hydroxylation is 1. The van der Waals surface area contributed by atoms with Gasteiger partial charge < -0.3 is 14.4 Å². The van der Waals surface area contributed by atoms with Crippen LogP contribution in [0.25, 0.3) is 0 Å².